The van der Waals surface area contributed by atoms with E-state index in [1.165, 1.54) is 30.5 Å². The molecule has 1 aliphatic rings. The zero-order valence-corrected chi connectivity index (χ0v) is 15.7. The van der Waals surface area contributed by atoms with Gasteiger partial charge in [0.1, 0.15) is 0 Å². The van der Waals surface area contributed by atoms with Gasteiger partial charge < -0.3 is 0 Å². The number of rotatable bonds is 5. The van der Waals surface area contributed by atoms with Crippen molar-refractivity contribution in [2.45, 2.75) is 24.4 Å². The van der Waals surface area contributed by atoms with Crippen molar-refractivity contribution in [3.05, 3.63) is 71.8 Å². The first-order valence-electron chi connectivity index (χ1n) is 7.50. The normalized spacial score (nSPS) is 28.1. The third-order valence-electron chi connectivity index (χ3n) is 4.83. The first kappa shape index (κ1) is 15.8. The fourth-order valence-corrected chi connectivity index (χ4v) is 5.03. The van der Waals surface area contributed by atoms with E-state index in [0.29, 0.717) is 0 Å². The van der Waals surface area contributed by atoms with Crippen LogP contribution in [0.25, 0.3) is 0 Å². The molecule has 22 heavy (non-hydrogen) atoms. The predicted molar refractivity (Wildman–Crippen MR) is 84.5 cm³/mol. The zero-order valence-electron chi connectivity index (χ0n) is 12.8. The van der Waals surface area contributed by atoms with Crippen LogP contribution in [0, 0.1) is 5.92 Å². The van der Waals surface area contributed by atoms with Gasteiger partial charge in [0.2, 0.25) is 0 Å². The van der Waals surface area contributed by atoms with E-state index < -0.39 is 6.10 Å². The fraction of sp³-hybridized carbons (Fsp3) is 0.316. The van der Waals surface area contributed by atoms with Gasteiger partial charge in [0.05, 0.1) is 0 Å². The summed E-state index contributed by atoms with van der Waals surface area (Å²) in [6, 6.07) is 20.8. The average molecular weight is 464 g/mol. The van der Waals surface area contributed by atoms with Crippen molar-refractivity contribution in [1.82, 2.24) is 0 Å². The van der Waals surface area contributed by atoms with Crippen LogP contribution in [-0.4, -0.2) is 22.4 Å². The Labute approximate surface area is 142 Å². The average Bonchev–Trinajstić information content (AvgIpc) is 3.27. The van der Waals surface area contributed by atoms with Gasteiger partial charge in [-0.1, -0.05) is 0 Å². The topological polar surface area (TPSA) is 29.5 Å². The molecule has 0 radical (unpaired) electrons. The molecule has 0 spiro atoms. The number of hydrogen-bond acceptors (Lipinski definition) is 2. The van der Waals surface area contributed by atoms with E-state index in [2.05, 4.69) is 36.4 Å². The molecule has 2 aromatic rings. The number of benzene rings is 2. The molecule has 0 heterocycles. The summed E-state index contributed by atoms with van der Waals surface area (Å²) < 4.78 is 6.66. The Balaban J connectivity index is 2.13. The van der Waals surface area contributed by atoms with Gasteiger partial charge in [-0.05, 0) is 0 Å². The van der Waals surface area contributed by atoms with Gasteiger partial charge in [-0.15, -0.1) is 0 Å². The molecule has 1 fully saturated rings. The molecule has 0 amide bonds. The second kappa shape index (κ2) is 6.20. The fourth-order valence-electron chi connectivity index (χ4n) is 3.84. The monoisotopic (exact) mass is 464 g/mol. The summed E-state index contributed by atoms with van der Waals surface area (Å²) in [5.41, 5.74) is 2.18. The molecule has 3 rings (SSSR count). The molecule has 1 saturated carbocycles. The minimum atomic E-state index is -0.436. The predicted octanol–water partition coefficient (Wildman–Crippen LogP) is 3.04. The summed E-state index contributed by atoms with van der Waals surface area (Å²) in [7, 11) is 1.74. The Morgan fingerprint density at radius 3 is 2.14 bits per heavy atom. The summed E-state index contributed by atoms with van der Waals surface area (Å²) in [5, 5.41) is 10.7. The van der Waals surface area contributed by atoms with Crippen LogP contribution in [0.1, 0.15) is 24.0 Å². The SMILES string of the molecule is CO[C](=[W])[C@@H]1[C@@H](c2ccccc2)[C@@]1(c1ccccc1)C(C)O. The van der Waals surface area contributed by atoms with Crippen molar-refractivity contribution in [1.29, 1.82) is 0 Å². The number of aliphatic hydroxyl groups excluding tert-OH is 1. The Kier molecular flexibility index (Phi) is 4.45. The first-order valence-corrected chi connectivity index (χ1v) is 8.97. The van der Waals surface area contributed by atoms with Crippen molar-refractivity contribution in [3.8, 4) is 0 Å². The summed E-state index contributed by atoms with van der Waals surface area (Å²) in [5.74, 6) is 0.501. The van der Waals surface area contributed by atoms with Crippen LogP contribution in [0.15, 0.2) is 60.7 Å². The summed E-state index contributed by atoms with van der Waals surface area (Å²) in [6.45, 7) is 1.90. The Bertz CT molecular complexity index is 654. The number of methoxy groups -OCH3 is 1. The van der Waals surface area contributed by atoms with Crippen molar-refractivity contribution >= 4 is 4.08 Å². The van der Waals surface area contributed by atoms with Crippen LogP contribution in [-0.2, 0) is 29.5 Å². The van der Waals surface area contributed by atoms with Crippen molar-refractivity contribution in [2.75, 3.05) is 7.11 Å². The summed E-state index contributed by atoms with van der Waals surface area (Å²) in [4.78, 5) is 0. The summed E-state index contributed by atoms with van der Waals surface area (Å²) >= 11 is 1.34. The van der Waals surface area contributed by atoms with Crippen molar-refractivity contribution < 1.29 is 29.2 Å². The van der Waals surface area contributed by atoms with Gasteiger partial charge in [0.15, 0.2) is 0 Å². The van der Waals surface area contributed by atoms with E-state index in [1.54, 1.807) is 7.11 Å². The quantitative estimate of drug-likeness (QED) is 0.738. The van der Waals surface area contributed by atoms with Gasteiger partial charge in [-0.3, -0.25) is 0 Å². The number of aliphatic hydroxyl groups is 1. The van der Waals surface area contributed by atoms with Gasteiger partial charge >= 0.3 is 142 Å². The van der Waals surface area contributed by atoms with Gasteiger partial charge in [0.25, 0.3) is 0 Å². The number of ether oxygens (including phenoxy) is 1. The van der Waals surface area contributed by atoms with Crippen LogP contribution >= 0.6 is 0 Å². The van der Waals surface area contributed by atoms with E-state index >= 15 is 0 Å². The maximum absolute atomic E-state index is 10.7. The van der Waals surface area contributed by atoms with Crippen LogP contribution in [0.5, 0.6) is 0 Å². The van der Waals surface area contributed by atoms with E-state index in [9.17, 15) is 5.11 Å². The van der Waals surface area contributed by atoms with Gasteiger partial charge in [-0.2, -0.15) is 0 Å². The molecule has 1 aliphatic carbocycles. The molecule has 0 bridgehead atoms. The molecule has 114 valence electrons. The summed E-state index contributed by atoms with van der Waals surface area (Å²) in [6.07, 6.45) is -0.436. The van der Waals surface area contributed by atoms with Gasteiger partial charge in [0, 0.05) is 0 Å². The molecule has 1 N–H and O–H groups in total. The third-order valence-corrected chi connectivity index (χ3v) is 6.34. The van der Waals surface area contributed by atoms with Crippen molar-refractivity contribution in [2.24, 2.45) is 5.92 Å². The first-order chi connectivity index (χ1) is 10.6. The molecule has 1 unspecified atom stereocenters. The molecule has 4 atom stereocenters. The Morgan fingerprint density at radius 1 is 1.09 bits per heavy atom. The standard InChI is InChI=1S/C19H20O2.W/c1-14(20)19(16-11-7-4-8-12-16)17(13-21-2)18(19)15-9-5-3-6-10-15;/h3-12,14,17-18,20H,1-2H3;/t14?,17-,18-,19-;/m1./s1. The van der Waals surface area contributed by atoms with Crippen LogP contribution in [0.2, 0.25) is 0 Å². The molecule has 0 saturated heterocycles. The Morgan fingerprint density at radius 2 is 1.64 bits per heavy atom. The molecule has 3 heteroatoms. The second-order valence-electron chi connectivity index (χ2n) is 5.86. The number of hydrogen-bond donors (Lipinski definition) is 1. The molecule has 0 aromatic heterocycles. The van der Waals surface area contributed by atoms with E-state index in [0.717, 1.165) is 4.08 Å². The Hall–Kier alpha value is -1.08. The van der Waals surface area contributed by atoms with Gasteiger partial charge in [-0.25, -0.2) is 0 Å². The second-order valence-corrected chi connectivity index (χ2v) is 7.31. The molecule has 0 aliphatic heterocycles. The van der Waals surface area contributed by atoms with E-state index in [1.807, 2.05) is 31.2 Å². The minimum absolute atomic E-state index is 0.234. The van der Waals surface area contributed by atoms with Crippen LogP contribution in [0.4, 0.5) is 0 Å². The molecule has 2 nitrogen and oxygen atoms in total. The van der Waals surface area contributed by atoms with Crippen LogP contribution in [0.3, 0.4) is 0 Å². The van der Waals surface area contributed by atoms with E-state index in [-0.39, 0.29) is 17.3 Å². The molecular formula is C19H20O2W. The maximum atomic E-state index is 10.7. The molecular weight excluding hydrogens is 444 g/mol. The van der Waals surface area contributed by atoms with Crippen LogP contribution < -0.4 is 0 Å². The van der Waals surface area contributed by atoms with E-state index in [4.69, 9.17) is 4.74 Å². The third kappa shape index (κ3) is 2.34. The van der Waals surface area contributed by atoms with Crippen molar-refractivity contribution in [3.63, 3.8) is 0 Å². The zero-order chi connectivity index (χ0) is 15.7. The molecule has 2 aromatic carbocycles.